The van der Waals surface area contributed by atoms with Crippen molar-refractivity contribution in [1.29, 1.82) is 0 Å². The lowest BCUT2D eigenvalue weighted by molar-refractivity contribution is 0.112. The normalized spacial score (nSPS) is 20.9. The van der Waals surface area contributed by atoms with E-state index in [1.54, 1.807) is 0 Å². The van der Waals surface area contributed by atoms with E-state index in [4.69, 9.17) is 5.11 Å². The lowest BCUT2D eigenvalue weighted by atomic mass is 9.99. The van der Waals surface area contributed by atoms with Crippen LogP contribution in [0.15, 0.2) is 12.4 Å². The van der Waals surface area contributed by atoms with Gasteiger partial charge in [-0.2, -0.15) is 0 Å². The number of aromatic nitrogens is 2. The molecule has 4 heteroatoms. The molecule has 0 radical (unpaired) electrons. The van der Waals surface area contributed by atoms with Gasteiger partial charge in [0.05, 0.1) is 0 Å². The fourth-order valence-corrected chi connectivity index (χ4v) is 2.72. The molecule has 0 aliphatic carbocycles. The fourth-order valence-electron chi connectivity index (χ4n) is 2.72. The van der Waals surface area contributed by atoms with Gasteiger partial charge in [0.1, 0.15) is 5.82 Å². The Bertz CT molecular complexity index is 375. The molecular weight excluding hydrogens is 238 g/mol. The number of likely N-dealkylation sites (tertiary alicyclic amines) is 1. The Balaban J connectivity index is 1.98. The van der Waals surface area contributed by atoms with Gasteiger partial charge in [-0.25, -0.2) is 9.97 Å². The Kier molecular flexibility index (Phi) is 5.28. The van der Waals surface area contributed by atoms with Crippen molar-refractivity contribution >= 4 is 0 Å². The fraction of sp³-hybridized carbons (Fsp3) is 0.733. The van der Waals surface area contributed by atoms with E-state index in [2.05, 4.69) is 28.7 Å². The topological polar surface area (TPSA) is 49.2 Å². The zero-order chi connectivity index (χ0) is 13.7. The van der Waals surface area contributed by atoms with E-state index in [9.17, 15) is 0 Å². The van der Waals surface area contributed by atoms with Crippen LogP contribution in [0.25, 0.3) is 0 Å². The highest BCUT2D eigenvalue weighted by atomic mass is 16.3. The largest absolute Gasteiger partial charge is 0.396 e. The molecule has 0 saturated carbocycles. The SMILES string of the molecule is CC(C)c1ncc(CN2CCCCC2CCO)cn1. The number of aliphatic hydroxyl groups excluding tert-OH is 1. The van der Waals surface area contributed by atoms with Crippen molar-refractivity contribution in [2.45, 2.75) is 58.0 Å². The Labute approximate surface area is 115 Å². The first-order chi connectivity index (χ1) is 9.20. The first-order valence-corrected chi connectivity index (χ1v) is 7.36. The maximum atomic E-state index is 9.15. The van der Waals surface area contributed by atoms with E-state index in [1.165, 1.54) is 24.8 Å². The molecular formula is C15H25N3O. The molecule has 106 valence electrons. The Hall–Kier alpha value is -1.00. The quantitative estimate of drug-likeness (QED) is 0.886. The molecule has 2 rings (SSSR count). The standard InChI is InChI=1S/C15H25N3O/c1-12(2)15-16-9-13(10-17-15)11-18-7-4-3-5-14(18)6-8-19/h9-10,12,14,19H,3-8,11H2,1-2H3. The van der Waals surface area contributed by atoms with Gasteiger partial charge in [0.25, 0.3) is 0 Å². The first kappa shape index (κ1) is 14.4. The van der Waals surface area contributed by atoms with Crippen LogP contribution >= 0.6 is 0 Å². The van der Waals surface area contributed by atoms with E-state index >= 15 is 0 Å². The molecule has 0 aromatic carbocycles. The molecule has 1 aromatic rings. The number of piperidine rings is 1. The maximum absolute atomic E-state index is 9.15. The lowest BCUT2D eigenvalue weighted by Gasteiger charge is -2.35. The van der Waals surface area contributed by atoms with Crippen molar-refractivity contribution in [3.63, 3.8) is 0 Å². The first-order valence-electron chi connectivity index (χ1n) is 7.36. The Morgan fingerprint density at radius 3 is 2.68 bits per heavy atom. The van der Waals surface area contributed by atoms with Crippen molar-refractivity contribution in [2.75, 3.05) is 13.2 Å². The number of nitrogens with zero attached hydrogens (tertiary/aromatic N) is 3. The van der Waals surface area contributed by atoms with Gasteiger partial charge in [0, 0.05) is 43.1 Å². The van der Waals surface area contributed by atoms with Crippen molar-refractivity contribution in [2.24, 2.45) is 0 Å². The summed E-state index contributed by atoms with van der Waals surface area (Å²) in [6, 6.07) is 0.517. The summed E-state index contributed by atoms with van der Waals surface area (Å²) in [6.45, 7) is 6.53. The van der Waals surface area contributed by atoms with Crippen LogP contribution in [0, 0.1) is 0 Å². The van der Waals surface area contributed by atoms with Gasteiger partial charge >= 0.3 is 0 Å². The van der Waals surface area contributed by atoms with Gasteiger partial charge in [-0.05, 0) is 25.8 Å². The summed E-state index contributed by atoms with van der Waals surface area (Å²) in [6.07, 6.45) is 8.52. The zero-order valence-electron chi connectivity index (χ0n) is 12.0. The van der Waals surface area contributed by atoms with Crippen molar-refractivity contribution in [1.82, 2.24) is 14.9 Å². The van der Waals surface area contributed by atoms with Crippen LogP contribution in [-0.2, 0) is 6.54 Å². The third-order valence-electron chi connectivity index (χ3n) is 3.84. The minimum absolute atomic E-state index is 0.282. The van der Waals surface area contributed by atoms with Crippen molar-refractivity contribution in [3.05, 3.63) is 23.8 Å². The molecule has 1 aliphatic rings. The molecule has 1 unspecified atom stereocenters. The van der Waals surface area contributed by atoms with Gasteiger partial charge < -0.3 is 5.11 Å². The molecule has 4 nitrogen and oxygen atoms in total. The second kappa shape index (κ2) is 6.96. The average Bonchev–Trinajstić information content (AvgIpc) is 2.42. The van der Waals surface area contributed by atoms with Crippen LogP contribution in [0.4, 0.5) is 0 Å². The predicted molar refractivity (Wildman–Crippen MR) is 75.9 cm³/mol. The third-order valence-corrected chi connectivity index (χ3v) is 3.84. The van der Waals surface area contributed by atoms with E-state index in [-0.39, 0.29) is 6.61 Å². The molecule has 0 bridgehead atoms. The van der Waals surface area contributed by atoms with Gasteiger partial charge in [-0.15, -0.1) is 0 Å². The maximum Gasteiger partial charge on any atom is 0.130 e. The highest BCUT2D eigenvalue weighted by Crippen LogP contribution is 2.21. The van der Waals surface area contributed by atoms with Gasteiger partial charge in [-0.3, -0.25) is 4.90 Å². The van der Waals surface area contributed by atoms with Crippen LogP contribution in [0.3, 0.4) is 0 Å². The smallest absolute Gasteiger partial charge is 0.130 e. The van der Waals surface area contributed by atoms with Crippen LogP contribution in [0.1, 0.15) is 56.8 Å². The lowest BCUT2D eigenvalue weighted by Crippen LogP contribution is -2.39. The van der Waals surface area contributed by atoms with Crippen molar-refractivity contribution in [3.8, 4) is 0 Å². The summed E-state index contributed by atoms with van der Waals surface area (Å²) in [4.78, 5) is 11.3. The summed E-state index contributed by atoms with van der Waals surface area (Å²) in [5.74, 6) is 1.29. The molecule has 1 aromatic heterocycles. The molecule has 0 spiro atoms. The number of hydrogen-bond acceptors (Lipinski definition) is 4. The third kappa shape index (κ3) is 3.98. The van der Waals surface area contributed by atoms with E-state index in [0.717, 1.165) is 25.3 Å². The number of rotatable bonds is 5. The summed E-state index contributed by atoms with van der Waals surface area (Å²) < 4.78 is 0. The van der Waals surface area contributed by atoms with Gasteiger partial charge in [0.2, 0.25) is 0 Å². The van der Waals surface area contributed by atoms with E-state index < -0.39 is 0 Å². The molecule has 2 heterocycles. The summed E-state index contributed by atoms with van der Waals surface area (Å²) in [5, 5.41) is 9.15. The summed E-state index contributed by atoms with van der Waals surface area (Å²) in [5.41, 5.74) is 1.18. The predicted octanol–water partition coefficient (Wildman–Crippen LogP) is 2.34. The average molecular weight is 263 g/mol. The molecule has 1 N–H and O–H groups in total. The molecule has 1 aliphatic heterocycles. The Morgan fingerprint density at radius 1 is 1.32 bits per heavy atom. The van der Waals surface area contributed by atoms with Gasteiger partial charge in [0.15, 0.2) is 0 Å². The van der Waals surface area contributed by atoms with E-state index in [1.807, 2.05) is 12.4 Å². The monoisotopic (exact) mass is 263 g/mol. The summed E-state index contributed by atoms with van der Waals surface area (Å²) in [7, 11) is 0. The Morgan fingerprint density at radius 2 is 2.05 bits per heavy atom. The van der Waals surface area contributed by atoms with Crippen molar-refractivity contribution < 1.29 is 5.11 Å². The summed E-state index contributed by atoms with van der Waals surface area (Å²) >= 11 is 0. The minimum Gasteiger partial charge on any atom is -0.396 e. The highest BCUT2D eigenvalue weighted by Gasteiger charge is 2.21. The zero-order valence-corrected chi connectivity index (χ0v) is 12.0. The van der Waals surface area contributed by atoms with Crippen LogP contribution < -0.4 is 0 Å². The second-order valence-electron chi connectivity index (χ2n) is 5.74. The second-order valence-corrected chi connectivity index (χ2v) is 5.74. The van der Waals surface area contributed by atoms with E-state index in [0.29, 0.717) is 12.0 Å². The van der Waals surface area contributed by atoms with Crippen LogP contribution in [0.2, 0.25) is 0 Å². The molecule has 1 saturated heterocycles. The number of aliphatic hydroxyl groups is 1. The van der Waals surface area contributed by atoms with Crippen LogP contribution in [0.5, 0.6) is 0 Å². The van der Waals surface area contributed by atoms with Crippen LogP contribution in [-0.4, -0.2) is 39.2 Å². The minimum atomic E-state index is 0.282. The molecule has 1 atom stereocenters. The number of hydrogen-bond donors (Lipinski definition) is 1. The molecule has 19 heavy (non-hydrogen) atoms. The highest BCUT2D eigenvalue weighted by molar-refractivity contribution is 5.07. The molecule has 1 fully saturated rings. The molecule has 0 amide bonds. The van der Waals surface area contributed by atoms with Gasteiger partial charge in [-0.1, -0.05) is 20.3 Å².